The quantitative estimate of drug-likeness (QED) is 0.709. The maximum Gasteiger partial charge on any atom is 0.0451 e. The summed E-state index contributed by atoms with van der Waals surface area (Å²) >= 11 is 1.95. The van der Waals surface area contributed by atoms with E-state index >= 15 is 0 Å². The first-order valence-electron chi connectivity index (χ1n) is 5.93. The van der Waals surface area contributed by atoms with Crippen LogP contribution in [0.2, 0.25) is 0 Å². The zero-order valence-electron chi connectivity index (χ0n) is 9.60. The van der Waals surface area contributed by atoms with Crippen LogP contribution in [0.25, 0.3) is 0 Å². The molecule has 3 rings (SSSR count). The van der Waals surface area contributed by atoms with Crippen molar-refractivity contribution in [1.82, 2.24) is 5.32 Å². The minimum Gasteiger partial charge on any atom is -0.307 e. The molecule has 0 bridgehead atoms. The average Bonchev–Trinajstić information content (AvgIpc) is 2.73. The molecule has 0 amide bonds. The number of nitrogens with one attached hydrogen (secondary N) is 1. The van der Waals surface area contributed by atoms with E-state index in [1.165, 1.54) is 32.2 Å². The molecule has 0 aromatic carbocycles. The molecular formula is C13H19NS. The molecule has 82 valence electrons. The molecule has 1 nitrogen and oxygen atoms in total. The van der Waals surface area contributed by atoms with E-state index in [1.807, 2.05) is 11.3 Å². The molecule has 1 aromatic heterocycles. The van der Waals surface area contributed by atoms with Crippen molar-refractivity contribution in [2.75, 3.05) is 6.54 Å². The van der Waals surface area contributed by atoms with Crippen molar-refractivity contribution in [1.29, 1.82) is 0 Å². The van der Waals surface area contributed by atoms with Gasteiger partial charge in [0.15, 0.2) is 0 Å². The molecule has 1 unspecified atom stereocenters. The maximum absolute atomic E-state index is 3.80. The molecule has 1 aliphatic carbocycles. The summed E-state index contributed by atoms with van der Waals surface area (Å²) in [4.78, 5) is 1.63. The van der Waals surface area contributed by atoms with Crippen LogP contribution in [0, 0.1) is 5.41 Å². The second-order valence-electron chi connectivity index (χ2n) is 5.86. The lowest BCUT2D eigenvalue weighted by atomic mass is 9.81. The smallest absolute Gasteiger partial charge is 0.0451 e. The topological polar surface area (TPSA) is 12.0 Å². The highest BCUT2D eigenvalue weighted by atomic mass is 32.1. The van der Waals surface area contributed by atoms with Gasteiger partial charge < -0.3 is 5.32 Å². The third-order valence-electron chi connectivity index (χ3n) is 4.09. The van der Waals surface area contributed by atoms with Gasteiger partial charge in [-0.3, -0.25) is 0 Å². The fourth-order valence-corrected chi connectivity index (χ4v) is 4.38. The van der Waals surface area contributed by atoms with Crippen LogP contribution in [-0.4, -0.2) is 6.54 Å². The summed E-state index contributed by atoms with van der Waals surface area (Å²) in [6, 6.07) is 2.35. The Morgan fingerprint density at radius 1 is 1.33 bits per heavy atom. The Labute approximate surface area is 95.9 Å². The van der Waals surface area contributed by atoms with Crippen molar-refractivity contribution in [2.24, 2.45) is 5.41 Å². The van der Waals surface area contributed by atoms with Crippen LogP contribution >= 0.6 is 11.3 Å². The predicted molar refractivity (Wildman–Crippen MR) is 65.3 cm³/mol. The van der Waals surface area contributed by atoms with E-state index in [0.717, 1.165) is 0 Å². The highest BCUT2D eigenvalue weighted by molar-refractivity contribution is 7.10. The van der Waals surface area contributed by atoms with E-state index in [0.29, 0.717) is 11.0 Å². The van der Waals surface area contributed by atoms with Gasteiger partial charge in [-0.05, 0) is 48.1 Å². The maximum atomic E-state index is 3.80. The van der Waals surface area contributed by atoms with Gasteiger partial charge in [0.1, 0.15) is 0 Å². The largest absolute Gasteiger partial charge is 0.307 e. The molecular weight excluding hydrogens is 202 g/mol. The zero-order valence-corrected chi connectivity index (χ0v) is 10.4. The summed E-state index contributed by atoms with van der Waals surface area (Å²) < 4.78 is 0. The number of thiophene rings is 1. The molecule has 1 aromatic rings. The molecule has 1 atom stereocenters. The minimum absolute atomic E-state index is 0.330. The van der Waals surface area contributed by atoms with E-state index in [-0.39, 0.29) is 0 Å². The number of hydrogen-bond acceptors (Lipinski definition) is 2. The van der Waals surface area contributed by atoms with Crippen LogP contribution in [0.1, 0.15) is 43.6 Å². The minimum atomic E-state index is 0.330. The Balaban J connectivity index is 2.02. The second-order valence-corrected chi connectivity index (χ2v) is 6.86. The summed E-state index contributed by atoms with van der Waals surface area (Å²) in [6.45, 7) is 5.98. The van der Waals surface area contributed by atoms with Crippen molar-refractivity contribution in [3.8, 4) is 0 Å². The van der Waals surface area contributed by atoms with E-state index < -0.39 is 0 Å². The fourth-order valence-electron chi connectivity index (χ4n) is 3.40. The summed E-state index contributed by atoms with van der Waals surface area (Å²) in [5.74, 6) is 0. The molecule has 0 saturated heterocycles. The third kappa shape index (κ3) is 1.46. The van der Waals surface area contributed by atoms with Crippen molar-refractivity contribution in [3.05, 3.63) is 21.9 Å². The number of hydrogen-bond donors (Lipinski definition) is 1. The second kappa shape index (κ2) is 3.08. The van der Waals surface area contributed by atoms with Crippen LogP contribution in [-0.2, 0) is 12.0 Å². The SMILES string of the molecule is CC1(C)CCC2(C1)NCCc1sccc12. The number of fused-ring (bicyclic) bond motifs is 2. The van der Waals surface area contributed by atoms with Gasteiger partial charge >= 0.3 is 0 Å². The summed E-state index contributed by atoms with van der Waals surface area (Å²) in [6.07, 6.45) is 5.22. The van der Waals surface area contributed by atoms with Gasteiger partial charge in [0, 0.05) is 17.0 Å². The Kier molecular flexibility index (Phi) is 2.02. The van der Waals surface area contributed by atoms with Crippen LogP contribution in [0.15, 0.2) is 11.4 Å². The van der Waals surface area contributed by atoms with E-state index in [4.69, 9.17) is 0 Å². The standard InChI is InChI=1S/C13H19NS/c1-12(2)5-6-13(9-12)10-4-8-15-11(10)3-7-14-13/h4,8,14H,3,5-7,9H2,1-2H3. The molecule has 15 heavy (non-hydrogen) atoms. The lowest BCUT2D eigenvalue weighted by molar-refractivity contribution is 0.279. The first-order chi connectivity index (χ1) is 7.11. The Bertz CT molecular complexity index is 380. The monoisotopic (exact) mass is 221 g/mol. The van der Waals surface area contributed by atoms with Crippen LogP contribution < -0.4 is 5.32 Å². The van der Waals surface area contributed by atoms with Crippen molar-refractivity contribution in [2.45, 2.75) is 45.1 Å². The van der Waals surface area contributed by atoms with Gasteiger partial charge in [-0.1, -0.05) is 13.8 Å². The number of rotatable bonds is 0. The van der Waals surface area contributed by atoms with Crippen molar-refractivity contribution in [3.63, 3.8) is 0 Å². The van der Waals surface area contributed by atoms with Crippen LogP contribution in [0.5, 0.6) is 0 Å². The van der Waals surface area contributed by atoms with E-state index in [9.17, 15) is 0 Å². The molecule has 1 saturated carbocycles. The summed E-state index contributed by atoms with van der Waals surface area (Å²) in [7, 11) is 0. The van der Waals surface area contributed by atoms with Gasteiger partial charge in [-0.25, -0.2) is 0 Å². The van der Waals surface area contributed by atoms with E-state index in [1.54, 1.807) is 10.4 Å². The zero-order chi connectivity index (χ0) is 10.5. The molecule has 1 aliphatic heterocycles. The van der Waals surface area contributed by atoms with Gasteiger partial charge in [-0.15, -0.1) is 11.3 Å². The van der Waals surface area contributed by atoms with Crippen molar-refractivity contribution < 1.29 is 0 Å². The van der Waals surface area contributed by atoms with Crippen LogP contribution in [0.3, 0.4) is 0 Å². The molecule has 2 heteroatoms. The Hall–Kier alpha value is -0.340. The average molecular weight is 221 g/mol. The van der Waals surface area contributed by atoms with Gasteiger partial charge in [0.2, 0.25) is 0 Å². The van der Waals surface area contributed by atoms with Gasteiger partial charge in [-0.2, -0.15) is 0 Å². The first-order valence-corrected chi connectivity index (χ1v) is 6.81. The summed E-state index contributed by atoms with van der Waals surface area (Å²) in [5, 5.41) is 6.07. The molecule has 1 N–H and O–H groups in total. The van der Waals surface area contributed by atoms with Gasteiger partial charge in [0.25, 0.3) is 0 Å². The molecule has 1 fully saturated rings. The summed E-state index contributed by atoms with van der Waals surface area (Å²) in [5.41, 5.74) is 2.46. The Morgan fingerprint density at radius 3 is 2.93 bits per heavy atom. The van der Waals surface area contributed by atoms with Gasteiger partial charge in [0.05, 0.1) is 0 Å². The predicted octanol–water partition coefficient (Wildman–Crippen LogP) is 3.30. The van der Waals surface area contributed by atoms with Crippen molar-refractivity contribution >= 4 is 11.3 Å². The Morgan fingerprint density at radius 2 is 2.20 bits per heavy atom. The first kappa shape index (κ1) is 9.86. The molecule has 1 spiro atoms. The normalized spacial score (nSPS) is 33.2. The highest BCUT2D eigenvalue weighted by Gasteiger charge is 2.46. The molecule has 2 aliphatic rings. The lowest BCUT2D eigenvalue weighted by Gasteiger charge is -2.36. The van der Waals surface area contributed by atoms with Crippen LogP contribution in [0.4, 0.5) is 0 Å². The third-order valence-corrected chi connectivity index (χ3v) is 5.07. The lowest BCUT2D eigenvalue weighted by Crippen LogP contribution is -2.45. The molecule has 2 heterocycles. The highest BCUT2D eigenvalue weighted by Crippen LogP contribution is 2.51. The fraction of sp³-hybridized carbons (Fsp3) is 0.692. The molecule has 0 radical (unpaired) electrons. The van der Waals surface area contributed by atoms with E-state index in [2.05, 4.69) is 30.6 Å².